The van der Waals surface area contributed by atoms with Crippen molar-refractivity contribution in [1.82, 2.24) is 19.7 Å². The van der Waals surface area contributed by atoms with Crippen molar-refractivity contribution in [2.75, 3.05) is 5.32 Å². The van der Waals surface area contributed by atoms with Crippen molar-refractivity contribution < 1.29 is 9.84 Å². The van der Waals surface area contributed by atoms with Gasteiger partial charge in [-0.15, -0.1) is 0 Å². The van der Waals surface area contributed by atoms with Gasteiger partial charge >= 0.3 is 0 Å². The Hall–Kier alpha value is -2.93. The lowest BCUT2D eigenvalue weighted by Gasteiger charge is -2.17. The maximum atomic E-state index is 10.2. The van der Waals surface area contributed by atoms with E-state index in [1.54, 1.807) is 26.2 Å². The first-order chi connectivity index (χ1) is 14.0. The number of ether oxygens (including phenoxy) is 1. The molecule has 2 fully saturated rings. The van der Waals surface area contributed by atoms with Gasteiger partial charge in [-0.25, -0.2) is 9.67 Å². The number of hydrogen-bond donors (Lipinski definition) is 2. The van der Waals surface area contributed by atoms with Crippen LogP contribution in [0.15, 0.2) is 42.7 Å². The van der Waals surface area contributed by atoms with Crippen LogP contribution >= 0.6 is 0 Å². The fraction of sp³-hybridized carbons (Fsp3) is 0.409. The van der Waals surface area contributed by atoms with Gasteiger partial charge in [-0.1, -0.05) is 0 Å². The summed E-state index contributed by atoms with van der Waals surface area (Å²) >= 11 is 0. The molecule has 0 atom stereocenters. The molecule has 2 aliphatic carbocycles. The largest absolute Gasteiger partial charge is 0.439 e. The molecule has 29 heavy (non-hydrogen) atoms. The number of hydrogen-bond acceptors (Lipinski definition) is 6. The van der Waals surface area contributed by atoms with Crippen molar-refractivity contribution in [1.29, 1.82) is 0 Å². The maximum absolute atomic E-state index is 10.2. The fourth-order valence-electron chi connectivity index (χ4n) is 3.29. The highest BCUT2D eigenvalue weighted by atomic mass is 16.5. The molecule has 5 rings (SSSR count). The zero-order valence-corrected chi connectivity index (χ0v) is 16.7. The Morgan fingerprint density at radius 2 is 1.86 bits per heavy atom. The molecule has 0 amide bonds. The summed E-state index contributed by atoms with van der Waals surface area (Å²) in [6.45, 7) is 3.43. The lowest BCUT2D eigenvalue weighted by Crippen LogP contribution is -2.17. The van der Waals surface area contributed by atoms with Crippen molar-refractivity contribution in [3.63, 3.8) is 0 Å². The standard InChI is InChI=1S/C22H25N5O2/c1-22(2,28)19-11-15(7-9-23-19)25-20-12-17(8-10-24-20)29-21-13-18(14-3-4-14)26-27(21)16-5-6-16/h7-14,16,28H,3-6H2,1-2H3,(H,23,24,25). The van der Waals surface area contributed by atoms with E-state index in [9.17, 15) is 5.11 Å². The number of pyridine rings is 2. The van der Waals surface area contributed by atoms with Crippen LogP contribution in [0.2, 0.25) is 0 Å². The summed E-state index contributed by atoms with van der Waals surface area (Å²) in [5.41, 5.74) is 1.54. The van der Waals surface area contributed by atoms with E-state index in [-0.39, 0.29) is 0 Å². The number of nitrogens with one attached hydrogen (secondary N) is 1. The van der Waals surface area contributed by atoms with Crippen LogP contribution < -0.4 is 10.1 Å². The third kappa shape index (κ3) is 4.10. The highest BCUT2D eigenvalue weighted by molar-refractivity contribution is 5.57. The summed E-state index contributed by atoms with van der Waals surface area (Å²) < 4.78 is 8.24. The summed E-state index contributed by atoms with van der Waals surface area (Å²) in [6.07, 6.45) is 8.17. The minimum atomic E-state index is -1.00. The number of aliphatic hydroxyl groups is 1. The molecule has 3 heterocycles. The molecule has 7 heteroatoms. The van der Waals surface area contributed by atoms with E-state index >= 15 is 0 Å². The van der Waals surface area contributed by atoms with Gasteiger partial charge in [0.2, 0.25) is 5.88 Å². The van der Waals surface area contributed by atoms with Gasteiger partial charge in [-0.05, 0) is 57.7 Å². The Labute approximate surface area is 169 Å². The van der Waals surface area contributed by atoms with Crippen LogP contribution in [0.25, 0.3) is 0 Å². The molecule has 2 aliphatic rings. The van der Waals surface area contributed by atoms with E-state index in [1.165, 1.54) is 12.8 Å². The minimum Gasteiger partial charge on any atom is -0.439 e. The molecule has 0 saturated heterocycles. The first kappa shape index (κ1) is 18.1. The summed E-state index contributed by atoms with van der Waals surface area (Å²) in [5.74, 6) is 2.78. The van der Waals surface area contributed by atoms with Gasteiger partial charge in [0.1, 0.15) is 17.2 Å². The first-order valence-electron chi connectivity index (χ1n) is 10.1. The van der Waals surface area contributed by atoms with Gasteiger partial charge in [-0.3, -0.25) is 4.98 Å². The maximum Gasteiger partial charge on any atom is 0.218 e. The predicted molar refractivity (Wildman–Crippen MR) is 110 cm³/mol. The summed E-state index contributed by atoms with van der Waals surface area (Å²) in [5, 5.41) is 18.2. The second-order valence-corrected chi connectivity index (χ2v) is 8.45. The van der Waals surface area contributed by atoms with Crippen LogP contribution in [0, 0.1) is 0 Å². The highest BCUT2D eigenvalue weighted by Gasteiger charge is 2.32. The SMILES string of the molecule is CC(C)(O)c1cc(Nc2cc(Oc3cc(C4CC4)nn3C3CC3)ccn2)ccn1. The monoisotopic (exact) mass is 391 g/mol. The summed E-state index contributed by atoms with van der Waals surface area (Å²) in [6, 6.07) is 9.93. The predicted octanol–water partition coefficient (Wildman–Crippen LogP) is 4.65. The molecule has 7 nitrogen and oxygen atoms in total. The third-order valence-electron chi connectivity index (χ3n) is 5.22. The van der Waals surface area contributed by atoms with Gasteiger partial charge in [0.05, 0.1) is 17.4 Å². The van der Waals surface area contributed by atoms with E-state index in [4.69, 9.17) is 9.84 Å². The molecule has 0 spiro atoms. The second-order valence-electron chi connectivity index (χ2n) is 8.45. The molecular formula is C22H25N5O2. The number of rotatable bonds is 7. The molecule has 3 aromatic rings. The molecule has 0 bridgehead atoms. The van der Waals surface area contributed by atoms with Crippen LogP contribution in [0.4, 0.5) is 11.5 Å². The van der Waals surface area contributed by atoms with Crippen molar-refractivity contribution in [3.05, 3.63) is 54.1 Å². The molecule has 0 unspecified atom stereocenters. The van der Waals surface area contributed by atoms with Gasteiger partial charge in [0.15, 0.2) is 0 Å². The normalized spacial score (nSPS) is 16.7. The Bertz CT molecular complexity index is 1030. The van der Waals surface area contributed by atoms with E-state index in [2.05, 4.69) is 21.4 Å². The van der Waals surface area contributed by atoms with Gasteiger partial charge in [-0.2, -0.15) is 5.10 Å². The molecular weight excluding hydrogens is 366 g/mol. The van der Waals surface area contributed by atoms with Crippen LogP contribution in [0.3, 0.4) is 0 Å². The third-order valence-corrected chi connectivity index (χ3v) is 5.22. The quantitative estimate of drug-likeness (QED) is 0.610. The Balaban J connectivity index is 1.36. The fourth-order valence-corrected chi connectivity index (χ4v) is 3.29. The molecule has 2 N–H and O–H groups in total. The molecule has 2 saturated carbocycles. The van der Waals surface area contributed by atoms with Crippen LogP contribution in [0.5, 0.6) is 11.6 Å². The van der Waals surface area contributed by atoms with E-state index in [0.717, 1.165) is 30.1 Å². The zero-order valence-electron chi connectivity index (χ0n) is 16.7. The lowest BCUT2D eigenvalue weighted by atomic mass is 10.0. The molecule has 0 aliphatic heterocycles. The summed E-state index contributed by atoms with van der Waals surface area (Å²) in [4.78, 5) is 8.62. The smallest absolute Gasteiger partial charge is 0.218 e. The van der Waals surface area contributed by atoms with Crippen molar-refractivity contribution in [2.24, 2.45) is 0 Å². The van der Waals surface area contributed by atoms with Gasteiger partial charge in [0, 0.05) is 36.1 Å². The van der Waals surface area contributed by atoms with Crippen LogP contribution in [-0.2, 0) is 5.60 Å². The Morgan fingerprint density at radius 3 is 2.59 bits per heavy atom. The van der Waals surface area contributed by atoms with Gasteiger partial charge < -0.3 is 15.2 Å². The number of aromatic nitrogens is 4. The van der Waals surface area contributed by atoms with E-state index in [0.29, 0.717) is 29.2 Å². The van der Waals surface area contributed by atoms with Crippen molar-refractivity contribution >= 4 is 11.5 Å². The number of nitrogens with zero attached hydrogens (tertiary/aromatic N) is 4. The lowest BCUT2D eigenvalue weighted by molar-refractivity contribution is 0.0739. The van der Waals surface area contributed by atoms with Crippen molar-refractivity contribution in [2.45, 2.75) is 57.1 Å². The molecule has 0 radical (unpaired) electrons. The average Bonchev–Trinajstić information content (AvgIpc) is 3.60. The Kier molecular flexibility index (Phi) is 4.28. The topological polar surface area (TPSA) is 85.1 Å². The van der Waals surface area contributed by atoms with Crippen molar-refractivity contribution in [3.8, 4) is 11.6 Å². The molecule has 0 aromatic carbocycles. The average molecular weight is 391 g/mol. The minimum absolute atomic E-state index is 0.467. The van der Waals surface area contributed by atoms with Gasteiger partial charge in [0.25, 0.3) is 0 Å². The first-order valence-corrected chi connectivity index (χ1v) is 10.1. The summed E-state index contributed by atoms with van der Waals surface area (Å²) in [7, 11) is 0. The molecule has 3 aromatic heterocycles. The van der Waals surface area contributed by atoms with Crippen LogP contribution in [-0.4, -0.2) is 24.9 Å². The highest BCUT2D eigenvalue weighted by Crippen LogP contribution is 2.44. The Morgan fingerprint density at radius 1 is 1.07 bits per heavy atom. The van der Waals surface area contributed by atoms with E-state index < -0.39 is 5.60 Å². The van der Waals surface area contributed by atoms with Crippen LogP contribution in [0.1, 0.15) is 62.9 Å². The second kappa shape index (κ2) is 6.84. The number of anilines is 2. The zero-order chi connectivity index (χ0) is 20.0. The molecule has 150 valence electrons. The van der Waals surface area contributed by atoms with E-state index in [1.807, 2.05) is 28.9 Å².